The summed E-state index contributed by atoms with van der Waals surface area (Å²) in [7, 11) is 0. The highest BCUT2D eigenvalue weighted by Gasteiger charge is 2.21. The summed E-state index contributed by atoms with van der Waals surface area (Å²) in [5, 5.41) is -2.34. The molecule has 0 atom stereocenters. The lowest BCUT2D eigenvalue weighted by Crippen LogP contribution is -2.01. The van der Waals surface area contributed by atoms with Crippen LogP contribution in [-0.4, -0.2) is 13.7 Å². The molecule has 9 aromatic carbocycles. The second-order valence-electron chi connectivity index (χ2n) is 13.3. The molecule has 3 nitrogen and oxygen atoms in total. The largest absolute Gasteiger partial charge is 0.309 e. The molecule has 0 unspecified atom stereocenters. The van der Waals surface area contributed by atoms with E-state index in [2.05, 4.69) is 0 Å². The van der Waals surface area contributed by atoms with Gasteiger partial charge in [0.25, 0.3) is 0 Å². The zero-order valence-electron chi connectivity index (χ0n) is 51.3. The predicted molar refractivity (Wildman–Crippen MR) is 240 cm³/mol. The van der Waals surface area contributed by atoms with Gasteiger partial charge in [-0.3, -0.25) is 0 Å². The molecule has 0 N–H and O–H groups in total. The number of rotatable bonds is 5. The lowest BCUT2D eigenvalue weighted by atomic mass is 10.00. The van der Waals surface area contributed by atoms with Crippen molar-refractivity contribution in [2.45, 2.75) is 0 Å². The molecule has 0 aliphatic heterocycles. The Hall–Kier alpha value is -7.62. The summed E-state index contributed by atoms with van der Waals surface area (Å²) in [6, 6.07) is 7.12. The first kappa shape index (κ1) is 17.0. The molecule has 0 amide bonds. The van der Waals surface area contributed by atoms with Crippen LogP contribution < -0.4 is 0 Å². The van der Waals surface area contributed by atoms with Crippen LogP contribution in [0.25, 0.3) is 105 Å². The normalized spacial score (nSPS) is 17.3. The number of benzene rings is 9. The van der Waals surface area contributed by atoms with Gasteiger partial charge in [0.2, 0.25) is 0 Å². The quantitative estimate of drug-likeness (QED) is 0.167. The maximum atomic E-state index is 10.1. The van der Waals surface area contributed by atoms with Crippen LogP contribution in [0.15, 0.2) is 212 Å². The van der Waals surface area contributed by atoms with Crippen molar-refractivity contribution in [1.29, 1.82) is 0 Å². The first-order valence-electron chi connectivity index (χ1n) is 28.8. The van der Waals surface area contributed by atoms with Crippen molar-refractivity contribution in [3.05, 3.63) is 212 Å². The maximum absolute atomic E-state index is 10.1. The van der Waals surface area contributed by atoms with Crippen LogP contribution in [0, 0.1) is 0 Å². The molecule has 3 heteroatoms. The van der Waals surface area contributed by atoms with E-state index in [1.165, 1.54) is 4.57 Å². The molecule has 0 fully saturated rings. The van der Waals surface area contributed by atoms with Gasteiger partial charge in [0, 0.05) is 43.7 Å². The number of aromatic nitrogens is 3. The van der Waals surface area contributed by atoms with Crippen molar-refractivity contribution in [1.82, 2.24) is 13.7 Å². The van der Waals surface area contributed by atoms with Crippen LogP contribution in [0.5, 0.6) is 0 Å². The molecular formula is C54H35N3. The minimum atomic E-state index is -0.924. The minimum absolute atomic E-state index is 0.200. The molecule has 0 aliphatic carbocycles. The highest BCUT2D eigenvalue weighted by Crippen LogP contribution is 2.41. The zero-order chi connectivity index (χ0) is 56.6. The maximum Gasteiger partial charge on any atom is 0.0782 e. The topological polar surface area (TPSA) is 14.8 Å². The van der Waals surface area contributed by atoms with Crippen LogP contribution in [0.2, 0.25) is 0 Å². The molecular weight excluding hydrogens is 691 g/mol. The number of fused-ring (bicyclic) bond motifs is 9. The van der Waals surface area contributed by atoms with E-state index in [4.69, 9.17) is 16.4 Å². The van der Waals surface area contributed by atoms with Crippen molar-refractivity contribution in [3.8, 4) is 39.3 Å². The molecule has 0 saturated heterocycles. The first-order valence-corrected chi connectivity index (χ1v) is 17.8. The van der Waals surface area contributed by atoms with Crippen molar-refractivity contribution >= 4 is 65.4 Å². The molecule has 0 spiro atoms. The molecule has 3 heterocycles. The van der Waals surface area contributed by atoms with Gasteiger partial charge in [0.05, 0.1) is 68.9 Å². The van der Waals surface area contributed by atoms with E-state index < -0.39 is 188 Å². The van der Waals surface area contributed by atoms with Gasteiger partial charge >= 0.3 is 0 Å². The van der Waals surface area contributed by atoms with Crippen LogP contribution in [-0.2, 0) is 0 Å². The van der Waals surface area contributed by atoms with Crippen LogP contribution in [0.3, 0.4) is 0 Å². The standard InChI is InChI=1S/C54H35N3/c1-2-14-36(15-3-1)37-28-30-38(31-29-37)39-16-12-17-40(34-39)56-50-25-10-6-20-44(50)46-22-13-27-53(54(46)56)57-51-26-11-7-21-45(51)47-35-41(32-33-52(47)57)55-48-23-8-4-18-42(48)43-19-5-9-24-49(43)55/h1-35H/i4D,5D,6D,7D,8D,9D,10D,11D,13D,18D,19D,20D,21D,22D,23D,24D,25D,26D,27D,32D,33D,35D. The average Bonchev–Trinajstić information content (AvgIpc) is 2.61. The molecule has 12 rings (SSSR count). The lowest BCUT2D eigenvalue weighted by Gasteiger charge is -2.15. The first-order chi connectivity index (χ1) is 37.5. The summed E-state index contributed by atoms with van der Waals surface area (Å²) < 4.78 is 206. The Kier molecular flexibility index (Phi) is 3.72. The van der Waals surface area contributed by atoms with Gasteiger partial charge in [0.1, 0.15) is 0 Å². The van der Waals surface area contributed by atoms with Gasteiger partial charge in [-0.05, 0) is 82.7 Å². The number of hydrogen-bond donors (Lipinski definition) is 0. The summed E-state index contributed by atoms with van der Waals surface area (Å²) in [6.07, 6.45) is 0. The highest BCUT2D eigenvalue weighted by atomic mass is 15.1. The number of nitrogens with zero attached hydrogens (tertiary/aromatic N) is 3. The Balaban J connectivity index is 1.29. The van der Waals surface area contributed by atoms with E-state index in [1.807, 2.05) is 54.6 Å². The van der Waals surface area contributed by atoms with E-state index in [-0.39, 0.29) is 27.5 Å². The third kappa shape index (κ3) is 4.79. The Bertz CT molecular complexity index is 4710. The van der Waals surface area contributed by atoms with Crippen molar-refractivity contribution in [2.75, 3.05) is 0 Å². The van der Waals surface area contributed by atoms with E-state index in [0.717, 1.165) is 20.3 Å². The second-order valence-corrected chi connectivity index (χ2v) is 13.3. The fourth-order valence-electron chi connectivity index (χ4n) is 7.77. The zero-order valence-corrected chi connectivity index (χ0v) is 29.3. The third-order valence-electron chi connectivity index (χ3n) is 10.2. The summed E-state index contributed by atoms with van der Waals surface area (Å²) >= 11 is 0. The fraction of sp³-hybridized carbons (Fsp3) is 0. The van der Waals surface area contributed by atoms with Gasteiger partial charge in [-0.2, -0.15) is 0 Å². The number of hydrogen-bond acceptors (Lipinski definition) is 0. The van der Waals surface area contributed by atoms with E-state index in [9.17, 15) is 13.7 Å². The van der Waals surface area contributed by atoms with Crippen molar-refractivity contribution in [3.63, 3.8) is 0 Å². The van der Waals surface area contributed by atoms with E-state index in [0.29, 0.717) is 11.1 Å². The van der Waals surface area contributed by atoms with Gasteiger partial charge in [-0.15, -0.1) is 0 Å². The highest BCUT2D eigenvalue weighted by molar-refractivity contribution is 6.16. The molecule has 266 valence electrons. The minimum Gasteiger partial charge on any atom is -0.309 e. The Morgan fingerprint density at radius 2 is 0.807 bits per heavy atom. The molecule has 0 aliphatic rings. The van der Waals surface area contributed by atoms with Crippen molar-refractivity contribution < 1.29 is 30.2 Å². The monoisotopic (exact) mass is 747 g/mol. The second kappa shape index (κ2) is 12.5. The number of para-hydroxylation sites is 5. The van der Waals surface area contributed by atoms with Gasteiger partial charge in [-0.25, -0.2) is 0 Å². The molecule has 12 aromatic rings. The summed E-state index contributed by atoms with van der Waals surface area (Å²) in [4.78, 5) is 0. The summed E-state index contributed by atoms with van der Waals surface area (Å²) in [6.45, 7) is 0. The van der Waals surface area contributed by atoms with Crippen LogP contribution in [0.4, 0.5) is 0 Å². The Morgan fingerprint density at radius 3 is 1.47 bits per heavy atom. The SMILES string of the molecule is [2H]c1c([2H])c([2H])c2c(c1[2H])c1c([2H])c([2H])c([2H])c(-n3c4c([2H])c([2H])c([2H])c([2H])c4c4c([2H])c(-n5c6c([2H])c([2H])c([2H])c([2H])c6c6c([2H])c([2H])c([2H])c([2H])c65)c([2H])c([2H])c43)c1n2-c1cccc(-c2ccc(-c3ccccc3)cc2)c1. The van der Waals surface area contributed by atoms with Crippen LogP contribution in [0.1, 0.15) is 30.2 Å². The Labute approximate surface area is 360 Å². The summed E-state index contributed by atoms with van der Waals surface area (Å²) in [5.74, 6) is 0. The molecule has 0 saturated carbocycles. The molecule has 0 bridgehead atoms. The molecule has 57 heavy (non-hydrogen) atoms. The Morgan fingerprint density at radius 1 is 0.316 bits per heavy atom. The van der Waals surface area contributed by atoms with Crippen molar-refractivity contribution in [2.24, 2.45) is 0 Å². The summed E-state index contributed by atoms with van der Waals surface area (Å²) in [5.41, 5.74) is -0.296. The van der Waals surface area contributed by atoms with Gasteiger partial charge in [-0.1, -0.05) is 151 Å². The van der Waals surface area contributed by atoms with Gasteiger partial charge in [0.15, 0.2) is 0 Å². The molecule has 0 radical (unpaired) electrons. The van der Waals surface area contributed by atoms with Gasteiger partial charge < -0.3 is 13.7 Å². The van der Waals surface area contributed by atoms with E-state index >= 15 is 0 Å². The van der Waals surface area contributed by atoms with Crippen LogP contribution >= 0.6 is 0 Å². The predicted octanol–water partition coefficient (Wildman–Crippen LogP) is 14.3. The third-order valence-corrected chi connectivity index (χ3v) is 10.2. The molecule has 3 aromatic heterocycles. The van der Waals surface area contributed by atoms with E-state index in [1.54, 1.807) is 24.3 Å². The lowest BCUT2D eigenvalue weighted by molar-refractivity contribution is 1.13. The smallest absolute Gasteiger partial charge is 0.0782 e. The average molecular weight is 748 g/mol. The fourth-order valence-corrected chi connectivity index (χ4v) is 7.77.